The molecule has 4 rings (SSSR count). The van der Waals surface area contributed by atoms with E-state index in [4.69, 9.17) is 23.2 Å². The zero-order valence-corrected chi connectivity index (χ0v) is 19.6. The quantitative estimate of drug-likeness (QED) is 0.302. The molecule has 0 radical (unpaired) electrons. The molecule has 0 aliphatic rings. The molecule has 0 bridgehead atoms. The molecule has 6 heteroatoms. The predicted octanol–water partition coefficient (Wildman–Crippen LogP) is 8.64. The van der Waals surface area contributed by atoms with Gasteiger partial charge < -0.3 is 5.32 Å². The highest BCUT2D eigenvalue weighted by atomic mass is 35.5. The summed E-state index contributed by atoms with van der Waals surface area (Å²) in [6.45, 7) is 4.17. The summed E-state index contributed by atoms with van der Waals surface area (Å²) in [5.41, 5.74) is 4.85. The maximum Gasteiger partial charge on any atom is 0.324 e. The van der Waals surface area contributed by atoms with E-state index in [9.17, 15) is 4.79 Å². The zero-order valence-electron chi connectivity index (χ0n) is 17.3. The van der Waals surface area contributed by atoms with Crippen molar-refractivity contribution in [3.63, 3.8) is 0 Å². The van der Waals surface area contributed by atoms with Gasteiger partial charge in [0, 0.05) is 36.9 Å². The molecule has 0 saturated heterocycles. The van der Waals surface area contributed by atoms with Crippen LogP contribution in [0.3, 0.4) is 0 Å². The van der Waals surface area contributed by atoms with Crippen molar-refractivity contribution in [1.82, 2.24) is 0 Å². The van der Waals surface area contributed by atoms with E-state index in [1.54, 1.807) is 0 Å². The SMILES string of the molecule is CCc1cccc(CC)c1NC(=O)Nc1sc2ccc(Cl)cc2c1-c1ccccc1Cl. The van der Waals surface area contributed by atoms with E-state index in [2.05, 4.69) is 24.5 Å². The van der Waals surface area contributed by atoms with Crippen LogP contribution >= 0.6 is 34.5 Å². The molecule has 31 heavy (non-hydrogen) atoms. The van der Waals surface area contributed by atoms with E-state index < -0.39 is 0 Å². The average molecular weight is 469 g/mol. The second-order valence-corrected chi connectivity index (χ2v) is 9.06. The van der Waals surface area contributed by atoms with E-state index in [-0.39, 0.29) is 6.03 Å². The number of carbonyl (C=O) groups excluding carboxylic acids is 1. The van der Waals surface area contributed by atoms with Crippen LogP contribution in [-0.2, 0) is 12.8 Å². The molecular weight excluding hydrogens is 447 g/mol. The van der Waals surface area contributed by atoms with Crippen LogP contribution in [0.1, 0.15) is 25.0 Å². The maximum absolute atomic E-state index is 13.1. The summed E-state index contributed by atoms with van der Waals surface area (Å²) in [4.78, 5) is 13.1. The molecule has 158 valence electrons. The van der Waals surface area contributed by atoms with Crippen molar-refractivity contribution in [2.24, 2.45) is 0 Å². The van der Waals surface area contributed by atoms with Gasteiger partial charge in [0.15, 0.2) is 0 Å². The van der Waals surface area contributed by atoms with Gasteiger partial charge in [0.05, 0.1) is 0 Å². The minimum absolute atomic E-state index is 0.276. The van der Waals surface area contributed by atoms with Crippen LogP contribution in [0.4, 0.5) is 15.5 Å². The van der Waals surface area contributed by atoms with Gasteiger partial charge in [-0.1, -0.05) is 73.4 Å². The lowest BCUT2D eigenvalue weighted by atomic mass is 10.0. The molecule has 0 aliphatic carbocycles. The van der Waals surface area contributed by atoms with Crippen molar-refractivity contribution in [3.05, 3.63) is 81.8 Å². The number of carbonyl (C=O) groups is 1. The Labute approximate surface area is 196 Å². The van der Waals surface area contributed by atoms with Gasteiger partial charge in [0.2, 0.25) is 0 Å². The molecule has 2 amide bonds. The lowest BCUT2D eigenvalue weighted by molar-refractivity contribution is 0.262. The Morgan fingerprint density at radius 2 is 1.61 bits per heavy atom. The first kappa shape index (κ1) is 21.7. The summed E-state index contributed by atoms with van der Waals surface area (Å²) in [6.07, 6.45) is 1.69. The van der Waals surface area contributed by atoms with Gasteiger partial charge in [0.1, 0.15) is 5.00 Å². The van der Waals surface area contributed by atoms with Crippen molar-refractivity contribution < 1.29 is 4.79 Å². The topological polar surface area (TPSA) is 41.1 Å². The van der Waals surface area contributed by atoms with E-state index in [0.717, 1.165) is 55.9 Å². The number of aryl methyl sites for hydroxylation is 2. The molecule has 0 atom stereocenters. The van der Waals surface area contributed by atoms with Crippen molar-refractivity contribution in [1.29, 1.82) is 0 Å². The summed E-state index contributed by atoms with van der Waals surface area (Å²) in [5.74, 6) is 0. The highest BCUT2D eigenvalue weighted by Gasteiger charge is 2.19. The van der Waals surface area contributed by atoms with Crippen LogP contribution in [0.2, 0.25) is 10.0 Å². The number of fused-ring (bicyclic) bond motifs is 1. The van der Waals surface area contributed by atoms with Crippen LogP contribution in [0.15, 0.2) is 60.7 Å². The molecule has 0 saturated carbocycles. The molecule has 2 N–H and O–H groups in total. The van der Waals surface area contributed by atoms with Crippen LogP contribution in [0, 0.1) is 0 Å². The number of halogens is 2. The Kier molecular flexibility index (Phi) is 6.51. The molecule has 1 heterocycles. The number of anilines is 2. The molecule has 0 fully saturated rings. The van der Waals surface area contributed by atoms with Crippen LogP contribution in [-0.4, -0.2) is 6.03 Å². The van der Waals surface area contributed by atoms with E-state index in [1.165, 1.54) is 11.3 Å². The summed E-state index contributed by atoms with van der Waals surface area (Å²) in [7, 11) is 0. The van der Waals surface area contributed by atoms with Gasteiger partial charge in [-0.25, -0.2) is 4.79 Å². The fraction of sp³-hybridized carbons (Fsp3) is 0.160. The number of para-hydroxylation sites is 1. The van der Waals surface area contributed by atoms with Crippen molar-refractivity contribution in [2.45, 2.75) is 26.7 Å². The number of rotatable bonds is 5. The lowest BCUT2D eigenvalue weighted by Crippen LogP contribution is -2.21. The minimum atomic E-state index is -0.276. The highest BCUT2D eigenvalue weighted by Crippen LogP contribution is 2.45. The van der Waals surface area contributed by atoms with Gasteiger partial charge in [-0.05, 0) is 48.2 Å². The molecule has 0 spiro atoms. The molecule has 0 unspecified atom stereocenters. The van der Waals surface area contributed by atoms with Crippen LogP contribution in [0.25, 0.3) is 21.2 Å². The number of urea groups is 1. The molecular formula is C25H22Cl2N2OS. The number of hydrogen-bond donors (Lipinski definition) is 2. The number of amides is 2. The highest BCUT2D eigenvalue weighted by molar-refractivity contribution is 7.23. The molecule has 0 aliphatic heterocycles. The third-order valence-electron chi connectivity index (χ3n) is 5.26. The summed E-state index contributed by atoms with van der Waals surface area (Å²) in [5, 5.41) is 9.09. The first-order valence-corrected chi connectivity index (χ1v) is 11.7. The Hall–Kier alpha value is -2.53. The Morgan fingerprint density at radius 1 is 0.903 bits per heavy atom. The zero-order chi connectivity index (χ0) is 22.0. The monoisotopic (exact) mass is 468 g/mol. The third-order valence-corrected chi connectivity index (χ3v) is 6.91. The third kappa shape index (κ3) is 4.42. The predicted molar refractivity (Wildman–Crippen MR) is 135 cm³/mol. The Morgan fingerprint density at radius 3 is 2.29 bits per heavy atom. The average Bonchev–Trinajstić information content (AvgIpc) is 3.10. The minimum Gasteiger partial charge on any atom is -0.307 e. The van der Waals surface area contributed by atoms with Gasteiger partial charge in [-0.2, -0.15) is 0 Å². The van der Waals surface area contributed by atoms with Crippen molar-refractivity contribution in [3.8, 4) is 11.1 Å². The Bertz CT molecular complexity index is 1240. The van der Waals surface area contributed by atoms with Crippen molar-refractivity contribution in [2.75, 3.05) is 10.6 Å². The lowest BCUT2D eigenvalue weighted by Gasteiger charge is -2.15. The van der Waals surface area contributed by atoms with Gasteiger partial charge in [-0.15, -0.1) is 11.3 Å². The number of nitrogens with one attached hydrogen (secondary N) is 2. The Balaban J connectivity index is 1.75. The molecule has 4 aromatic rings. The standard InChI is InChI=1S/C25H22Cl2N2OS/c1-3-15-8-7-9-16(4-2)23(15)28-25(30)29-24-22(18-10-5-6-11-20(18)27)19-14-17(26)12-13-21(19)31-24/h5-14H,3-4H2,1-2H3,(H2,28,29,30). The van der Waals surface area contributed by atoms with Crippen molar-refractivity contribution >= 4 is 61.3 Å². The van der Waals surface area contributed by atoms with E-state index in [0.29, 0.717) is 10.0 Å². The second-order valence-electron chi connectivity index (χ2n) is 7.16. The van der Waals surface area contributed by atoms with E-state index in [1.807, 2.05) is 60.7 Å². The maximum atomic E-state index is 13.1. The van der Waals surface area contributed by atoms with E-state index >= 15 is 0 Å². The summed E-state index contributed by atoms with van der Waals surface area (Å²) >= 11 is 14.3. The molecule has 3 aromatic carbocycles. The summed E-state index contributed by atoms with van der Waals surface area (Å²) < 4.78 is 1.03. The van der Waals surface area contributed by atoms with Crippen LogP contribution < -0.4 is 10.6 Å². The normalized spacial score (nSPS) is 11.0. The van der Waals surface area contributed by atoms with Crippen LogP contribution in [0.5, 0.6) is 0 Å². The second kappa shape index (κ2) is 9.31. The largest absolute Gasteiger partial charge is 0.324 e. The number of hydrogen-bond acceptors (Lipinski definition) is 2. The van der Waals surface area contributed by atoms with Gasteiger partial charge in [0.25, 0.3) is 0 Å². The van der Waals surface area contributed by atoms with Gasteiger partial charge >= 0.3 is 6.03 Å². The van der Waals surface area contributed by atoms with Gasteiger partial charge in [-0.3, -0.25) is 5.32 Å². The first-order valence-electron chi connectivity index (χ1n) is 10.2. The smallest absolute Gasteiger partial charge is 0.307 e. The fourth-order valence-electron chi connectivity index (χ4n) is 3.74. The fourth-order valence-corrected chi connectivity index (χ4v) is 5.24. The molecule has 3 nitrogen and oxygen atoms in total. The first-order chi connectivity index (χ1) is 15.0. The molecule has 1 aromatic heterocycles. The number of benzene rings is 3. The summed E-state index contributed by atoms with van der Waals surface area (Å²) in [6, 6.07) is 19.2. The number of thiophene rings is 1.